The maximum atomic E-state index is 5.90. The highest BCUT2D eigenvalue weighted by Crippen LogP contribution is 2.22. The number of benzene rings is 1. The summed E-state index contributed by atoms with van der Waals surface area (Å²) in [5, 5.41) is 3.24. The van der Waals surface area contributed by atoms with E-state index >= 15 is 0 Å². The second-order valence-electron chi connectivity index (χ2n) is 3.20. The van der Waals surface area contributed by atoms with Gasteiger partial charge in [0.2, 0.25) is 0 Å². The molecule has 0 radical (unpaired) electrons. The summed E-state index contributed by atoms with van der Waals surface area (Å²) in [5.74, 6) is 0. The molecule has 0 aromatic heterocycles. The molecular weight excluding hydrogens is 150 g/mol. The first-order chi connectivity index (χ1) is 5.77. The molecule has 0 fully saturated rings. The molecule has 2 rings (SSSR count). The maximum Gasteiger partial charge on any atom is 0.0425 e. The number of rotatable bonds is 0. The average Bonchev–Trinajstić information content (AvgIpc) is 2.07. The van der Waals surface area contributed by atoms with E-state index in [4.69, 9.17) is 11.5 Å². The maximum absolute atomic E-state index is 5.90. The third kappa shape index (κ3) is 1.17. The van der Waals surface area contributed by atoms with Gasteiger partial charge in [-0.15, -0.1) is 0 Å². The van der Waals surface area contributed by atoms with Gasteiger partial charge in [-0.1, -0.05) is 6.07 Å². The molecule has 1 aliphatic heterocycles. The Morgan fingerprint density at radius 3 is 3.08 bits per heavy atom. The number of nitrogen functional groups attached to an aromatic ring is 1. The molecule has 1 atom stereocenters. The summed E-state index contributed by atoms with van der Waals surface area (Å²) in [7, 11) is 0. The van der Waals surface area contributed by atoms with Gasteiger partial charge in [0.05, 0.1) is 0 Å². The second kappa shape index (κ2) is 2.77. The Kier molecular flexibility index (Phi) is 1.75. The Hall–Kier alpha value is -1.06. The van der Waals surface area contributed by atoms with Gasteiger partial charge in [-0.2, -0.15) is 0 Å². The molecule has 0 spiro atoms. The van der Waals surface area contributed by atoms with Crippen LogP contribution in [0.5, 0.6) is 0 Å². The normalized spacial score (nSPS) is 21.9. The number of hydrogen-bond donors (Lipinski definition) is 3. The zero-order chi connectivity index (χ0) is 8.55. The van der Waals surface area contributed by atoms with Gasteiger partial charge in [-0.25, -0.2) is 0 Å². The van der Waals surface area contributed by atoms with Gasteiger partial charge < -0.3 is 16.8 Å². The van der Waals surface area contributed by atoms with E-state index in [-0.39, 0.29) is 6.04 Å². The van der Waals surface area contributed by atoms with E-state index < -0.39 is 0 Å². The van der Waals surface area contributed by atoms with Crippen molar-refractivity contribution < 1.29 is 0 Å². The van der Waals surface area contributed by atoms with Gasteiger partial charge in [-0.3, -0.25) is 0 Å². The summed E-state index contributed by atoms with van der Waals surface area (Å²) in [6.45, 7) is 1.75. The van der Waals surface area contributed by atoms with Crippen molar-refractivity contribution in [2.24, 2.45) is 5.73 Å². The molecule has 1 unspecified atom stereocenters. The van der Waals surface area contributed by atoms with E-state index in [1.165, 1.54) is 11.1 Å². The molecule has 5 N–H and O–H groups in total. The molecular formula is C9H13N3. The fourth-order valence-electron chi connectivity index (χ4n) is 1.59. The Morgan fingerprint density at radius 1 is 1.42 bits per heavy atom. The zero-order valence-corrected chi connectivity index (χ0v) is 6.88. The monoisotopic (exact) mass is 163 g/mol. The number of nitrogens with two attached hydrogens (primary N) is 2. The fraction of sp³-hybridized carbons (Fsp3) is 0.333. The molecule has 0 saturated heterocycles. The molecule has 0 saturated carbocycles. The average molecular weight is 163 g/mol. The first-order valence-electron chi connectivity index (χ1n) is 4.12. The van der Waals surface area contributed by atoms with E-state index in [1.54, 1.807) is 0 Å². The zero-order valence-electron chi connectivity index (χ0n) is 6.88. The van der Waals surface area contributed by atoms with E-state index in [0.29, 0.717) is 0 Å². The molecule has 0 aliphatic carbocycles. The minimum atomic E-state index is 0.0947. The van der Waals surface area contributed by atoms with Gasteiger partial charge in [0, 0.05) is 24.8 Å². The summed E-state index contributed by atoms with van der Waals surface area (Å²) in [6, 6.07) is 6.02. The van der Waals surface area contributed by atoms with E-state index in [1.807, 2.05) is 18.2 Å². The Balaban J connectivity index is 2.47. The van der Waals surface area contributed by atoms with E-state index in [0.717, 1.165) is 18.8 Å². The molecule has 3 heteroatoms. The largest absolute Gasteiger partial charge is 0.399 e. The van der Waals surface area contributed by atoms with Crippen LogP contribution in [0.1, 0.15) is 17.2 Å². The highest BCUT2D eigenvalue weighted by Gasteiger charge is 2.15. The third-order valence-corrected chi connectivity index (χ3v) is 2.25. The molecule has 1 heterocycles. The lowest BCUT2D eigenvalue weighted by molar-refractivity contribution is 0.555. The van der Waals surface area contributed by atoms with Gasteiger partial charge in [-0.05, 0) is 23.3 Å². The van der Waals surface area contributed by atoms with Gasteiger partial charge in [0.15, 0.2) is 0 Å². The van der Waals surface area contributed by atoms with Crippen molar-refractivity contribution in [1.29, 1.82) is 0 Å². The van der Waals surface area contributed by atoms with Crippen molar-refractivity contribution >= 4 is 5.69 Å². The molecule has 0 bridgehead atoms. The van der Waals surface area contributed by atoms with E-state index in [2.05, 4.69) is 5.32 Å². The third-order valence-electron chi connectivity index (χ3n) is 2.25. The molecule has 1 aromatic rings. The molecule has 1 aromatic carbocycles. The molecule has 1 aliphatic rings. The lowest BCUT2D eigenvalue weighted by Gasteiger charge is -2.23. The number of fused-ring (bicyclic) bond motifs is 1. The first-order valence-corrected chi connectivity index (χ1v) is 4.12. The van der Waals surface area contributed by atoms with E-state index in [9.17, 15) is 0 Å². The standard InChI is InChI=1S/C9H13N3/c10-7-2-1-6-4-12-5-9(11)8(6)3-7/h1-3,9,12H,4-5,10-11H2. The Labute approximate surface area is 71.8 Å². The van der Waals surface area contributed by atoms with Crippen LogP contribution >= 0.6 is 0 Å². The van der Waals surface area contributed by atoms with Crippen LogP contribution in [0.15, 0.2) is 18.2 Å². The minimum absolute atomic E-state index is 0.0947. The van der Waals surface area contributed by atoms with Crippen LogP contribution in [-0.2, 0) is 6.54 Å². The Bertz CT molecular complexity index is 296. The molecule has 0 amide bonds. The van der Waals surface area contributed by atoms with Crippen LogP contribution in [0.2, 0.25) is 0 Å². The summed E-state index contributed by atoms with van der Waals surface area (Å²) in [5.41, 5.74) is 14.8. The Morgan fingerprint density at radius 2 is 2.25 bits per heavy atom. The highest BCUT2D eigenvalue weighted by atomic mass is 14.9. The smallest absolute Gasteiger partial charge is 0.0425 e. The van der Waals surface area contributed by atoms with Crippen molar-refractivity contribution in [3.8, 4) is 0 Å². The van der Waals surface area contributed by atoms with Crippen molar-refractivity contribution in [3.63, 3.8) is 0 Å². The number of hydrogen-bond acceptors (Lipinski definition) is 3. The summed E-state index contributed by atoms with van der Waals surface area (Å²) < 4.78 is 0. The SMILES string of the molecule is Nc1ccc2c(c1)C(N)CNC2. The predicted octanol–water partition coefficient (Wildman–Crippen LogP) is 0.372. The quantitative estimate of drug-likeness (QED) is 0.484. The van der Waals surface area contributed by atoms with Crippen LogP contribution < -0.4 is 16.8 Å². The lowest BCUT2D eigenvalue weighted by Crippen LogP contribution is -2.32. The van der Waals surface area contributed by atoms with Crippen LogP contribution in [0.4, 0.5) is 5.69 Å². The van der Waals surface area contributed by atoms with Gasteiger partial charge >= 0.3 is 0 Å². The molecule has 64 valence electrons. The highest BCUT2D eigenvalue weighted by molar-refractivity contribution is 5.46. The van der Waals surface area contributed by atoms with Crippen LogP contribution in [-0.4, -0.2) is 6.54 Å². The topological polar surface area (TPSA) is 64.1 Å². The second-order valence-corrected chi connectivity index (χ2v) is 3.20. The summed E-state index contributed by atoms with van der Waals surface area (Å²) in [6.07, 6.45) is 0. The first kappa shape index (κ1) is 7.58. The van der Waals surface area contributed by atoms with Crippen molar-refractivity contribution in [3.05, 3.63) is 29.3 Å². The van der Waals surface area contributed by atoms with Crippen molar-refractivity contribution in [1.82, 2.24) is 5.32 Å². The summed E-state index contributed by atoms with van der Waals surface area (Å²) in [4.78, 5) is 0. The van der Waals surface area contributed by atoms with Gasteiger partial charge in [0.1, 0.15) is 0 Å². The molecule has 12 heavy (non-hydrogen) atoms. The number of anilines is 1. The van der Waals surface area contributed by atoms with Gasteiger partial charge in [0.25, 0.3) is 0 Å². The van der Waals surface area contributed by atoms with Crippen LogP contribution in [0.3, 0.4) is 0 Å². The minimum Gasteiger partial charge on any atom is -0.399 e. The predicted molar refractivity (Wildman–Crippen MR) is 49.5 cm³/mol. The number of nitrogens with one attached hydrogen (secondary N) is 1. The summed E-state index contributed by atoms with van der Waals surface area (Å²) >= 11 is 0. The van der Waals surface area contributed by atoms with Crippen molar-refractivity contribution in [2.75, 3.05) is 12.3 Å². The van der Waals surface area contributed by atoms with Crippen LogP contribution in [0.25, 0.3) is 0 Å². The van der Waals surface area contributed by atoms with Crippen molar-refractivity contribution in [2.45, 2.75) is 12.6 Å². The fourth-order valence-corrected chi connectivity index (χ4v) is 1.59. The lowest BCUT2D eigenvalue weighted by atomic mass is 9.97. The molecule has 3 nitrogen and oxygen atoms in total. The van der Waals surface area contributed by atoms with Crippen LogP contribution in [0, 0.1) is 0 Å².